The van der Waals surface area contributed by atoms with Gasteiger partial charge in [-0.05, 0) is 22.0 Å². The molecule has 2 amide bonds. The predicted octanol–water partition coefficient (Wildman–Crippen LogP) is 2.39. The third kappa shape index (κ3) is 3.43. The lowest BCUT2D eigenvalue weighted by atomic mass is 10.4. The zero-order valence-corrected chi connectivity index (χ0v) is 12.1. The summed E-state index contributed by atoms with van der Waals surface area (Å²) >= 11 is 5.07. The van der Waals surface area contributed by atoms with Gasteiger partial charge in [0.1, 0.15) is 0 Å². The first-order valence-corrected chi connectivity index (χ1v) is 7.15. The van der Waals surface area contributed by atoms with Crippen LogP contribution in [0.3, 0.4) is 0 Å². The van der Waals surface area contributed by atoms with E-state index >= 15 is 0 Å². The van der Waals surface area contributed by atoms with E-state index in [1.165, 1.54) is 4.88 Å². The van der Waals surface area contributed by atoms with E-state index in [4.69, 9.17) is 4.74 Å². The molecule has 0 N–H and O–H groups in total. The molecule has 4 nitrogen and oxygen atoms in total. The highest BCUT2D eigenvalue weighted by atomic mass is 79.9. The average molecular weight is 319 g/mol. The number of nitrogens with zero attached hydrogens (tertiary/aromatic N) is 2. The highest BCUT2D eigenvalue weighted by Gasteiger charge is 2.20. The summed E-state index contributed by atoms with van der Waals surface area (Å²) in [4.78, 5) is 16.9. The molecule has 0 radical (unpaired) electrons. The van der Waals surface area contributed by atoms with Crippen molar-refractivity contribution in [2.24, 2.45) is 0 Å². The summed E-state index contributed by atoms with van der Waals surface area (Å²) in [7, 11) is 1.84. The van der Waals surface area contributed by atoms with Crippen LogP contribution < -0.4 is 0 Å². The van der Waals surface area contributed by atoms with Gasteiger partial charge in [0.2, 0.25) is 0 Å². The van der Waals surface area contributed by atoms with Gasteiger partial charge >= 0.3 is 6.03 Å². The number of hydrogen-bond donors (Lipinski definition) is 0. The van der Waals surface area contributed by atoms with Crippen molar-refractivity contribution in [1.29, 1.82) is 0 Å². The van der Waals surface area contributed by atoms with Crippen LogP contribution in [0.2, 0.25) is 0 Å². The van der Waals surface area contributed by atoms with E-state index in [-0.39, 0.29) is 6.03 Å². The number of thiophene rings is 1. The Bertz CT molecular complexity index is 391. The zero-order chi connectivity index (χ0) is 12.3. The number of urea groups is 1. The first-order valence-electron chi connectivity index (χ1n) is 5.47. The van der Waals surface area contributed by atoms with Crippen molar-refractivity contribution in [3.05, 3.63) is 20.8 Å². The molecule has 0 atom stereocenters. The van der Waals surface area contributed by atoms with E-state index in [1.54, 1.807) is 16.2 Å². The van der Waals surface area contributed by atoms with Gasteiger partial charge in [0.15, 0.2) is 0 Å². The van der Waals surface area contributed by atoms with Gasteiger partial charge in [0.25, 0.3) is 0 Å². The fraction of sp³-hybridized carbons (Fsp3) is 0.545. The molecule has 0 unspecified atom stereocenters. The molecule has 6 heteroatoms. The summed E-state index contributed by atoms with van der Waals surface area (Å²) in [5.74, 6) is 0. The van der Waals surface area contributed by atoms with E-state index in [1.807, 2.05) is 23.4 Å². The molecule has 94 valence electrons. The van der Waals surface area contributed by atoms with Gasteiger partial charge in [0.05, 0.1) is 19.8 Å². The molecular formula is C11H15BrN2O2S. The number of hydrogen-bond acceptors (Lipinski definition) is 3. The molecule has 0 bridgehead atoms. The fourth-order valence-corrected chi connectivity index (χ4v) is 3.24. The largest absolute Gasteiger partial charge is 0.378 e. The maximum atomic E-state index is 12.1. The van der Waals surface area contributed by atoms with Crippen molar-refractivity contribution in [3.8, 4) is 0 Å². The molecule has 0 aliphatic carbocycles. The zero-order valence-electron chi connectivity index (χ0n) is 9.69. The van der Waals surface area contributed by atoms with Crippen LogP contribution in [0.25, 0.3) is 0 Å². The molecule has 1 fully saturated rings. The molecule has 2 heterocycles. The van der Waals surface area contributed by atoms with Crippen LogP contribution in [0.5, 0.6) is 0 Å². The van der Waals surface area contributed by atoms with E-state index in [0.717, 1.165) is 4.47 Å². The number of carbonyl (C=O) groups excluding carboxylic acids is 1. The first-order chi connectivity index (χ1) is 8.16. The van der Waals surface area contributed by atoms with Crippen LogP contribution in [0, 0.1) is 0 Å². The van der Waals surface area contributed by atoms with Gasteiger partial charge < -0.3 is 14.5 Å². The molecule has 1 aliphatic rings. The smallest absolute Gasteiger partial charge is 0.320 e. The second-order valence-corrected chi connectivity index (χ2v) is 5.88. The highest BCUT2D eigenvalue weighted by molar-refractivity contribution is 9.10. The quantitative estimate of drug-likeness (QED) is 0.838. The Morgan fingerprint density at radius 1 is 1.59 bits per heavy atom. The van der Waals surface area contributed by atoms with E-state index < -0.39 is 0 Å². The number of carbonyl (C=O) groups is 1. The number of halogens is 1. The number of rotatable bonds is 2. The summed E-state index contributed by atoms with van der Waals surface area (Å²) < 4.78 is 6.31. The van der Waals surface area contributed by atoms with Crippen LogP contribution in [-0.4, -0.2) is 49.2 Å². The molecule has 0 spiro atoms. The lowest BCUT2D eigenvalue weighted by Crippen LogP contribution is -2.46. The molecule has 0 saturated carbocycles. The van der Waals surface area contributed by atoms with Crippen molar-refractivity contribution in [3.63, 3.8) is 0 Å². The highest BCUT2D eigenvalue weighted by Crippen LogP contribution is 2.21. The summed E-state index contributed by atoms with van der Waals surface area (Å²) in [5, 5.41) is 2.03. The molecule has 1 saturated heterocycles. The molecule has 17 heavy (non-hydrogen) atoms. The fourth-order valence-electron chi connectivity index (χ4n) is 1.73. The summed E-state index contributed by atoms with van der Waals surface area (Å²) in [6.45, 7) is 3.33. The Morgan fingerprint density at radius 2 is 2.29 bits per heavy atom. The van der Waals surface area contributed by atoms with Crippen LogP contribution >= 0.6 is 27.3 Å². The van der Waals surface area contributed by atoms with Crippen molar-refractivity contribution in [1.82, 2.24) is 9.80 Å². The molecule has 1 aliphatic heterocycles. The Hall–Kier alpha value is -0.590. The Morgan fingerprint density at radius 3 is 2.88 bits per heavy atom. The minimum Gasteiger partial charge on any atom is -0.378 e. The Balaban J connectivity index is 1.90. The van der Waals surface area contributed by atoms with Crippen molar-refractivity contribution < 1.29 is 9.53 Å². The van der Waals surface area contributed by atoms with E-state index in [2.05, 4.69) is 15.9 Å². The topological polar surface area (TPSA) is 32.8 Å². The summed E-state index contributed by atoms with van der Waals surface area (Å²) in [6.07, 6.45) is 0. The maximum Gasteiger partial charge on any atom is 0.320 e. The first kappa shape index (κ1) is 12.9. The molecular weight excluding hydrogens is 304 g/mol. The lowest BCUT2D eigenvalue weighted by molar-refractivity contribution is 0.0448. The second kappa shape index (κ2) is 5.84. The van der Waals surface area contributed by atoms with Gasteiger partial charge in [-0.3, -0.25) is 0 Å². The SMILES string of the molecule is CN(Cc1cc(Br)cs1)C(=O)N1CCOCC1. The summed E-state index contributed by atoms with van der Waals surface area (Å²) in [6, 6.07) is 2.13. The maximum absolute atomic E-state index is 12.1. The van der Waals surface area contributed by atoms with Crippen molar-refractivity contribution in [2.45, 2.75) is 6.54 Å². The van der Waals surface area contributed by atoms with Gasteiger partial charge in [-0.2, -0.15) is 0 Å². The normalized spacial score (nSPS) is 16.0. The summed E-state index contributed by atoms with van der Waals surface area (Å²) in [5.41, 5.74) is 0. The Kier molecular flexibility index (Phi) is 4.42. The molecule has 1 aromatic heterocycles. The van der Waals surface area contributed by atoms with Gasteiger partial charge in [-0.1, -0.05) is 0 Å². The van der Waals surface area contributed by atoms with Crippen LogP contribution in [0.1, 0.15) is 4.88 Å². The van der Waals surface area contributed by atoms with Gasteiger partial charge in [-0.15, -0.1) is 11.3 Å². The van der Waals surface area contributed by atoms with Gasteiger partial charge in [-0.25, -0.2) is 4.79 Å². The van der Waals surface area contributed by atoms with Crippen LogP contribution in [0.15, 0.2) is 15.9 Å². The van der Waals surface area contributed by atoms with Crippen molar-refractivity contribution in [2.75, 3.05) is 33.4 Å². The van der Waals surface area contributed by atoms with Crippen LogP contribution in [-0.2, 0) is 11.3 Å². The predicted molar refractivity (Wildman–Crippen MR) is 71.3 cm³/mol. The second-order valence-electron chi connectivity index (χ2n) is 3.97. The number of morpholine rings is 1. The van der Waals surface area contributed by atoms with Crippen LogP contribution in [0.4, 0.5) is 4.79 Å². The third-order valence-electron chi connectivity index (χ3n) is 2.62. The monoisotopic (exact) mass is 318 g/mol. The third-order valence-corrected chi connectivity index (χ3v) is 4.31. The Labute approximate surface area is 113 Å². The standard InChI is InChI=1S/C11H15BrN2O2S/c1-13(7-10-6-9(12)8-17-10)11(15)14-2-4-16-5-3-14/h6,8H,2-5,7H2,1H3. The number of amides is 2. The van der Waals surface area contributed by atoms with Crippen molar-refractivity contribution >= 4 is 33.3 Å². The average Bonchev–Trinajstić information content (AvgIpc) is 2.75. The molecule has 1 aromatic rings. The number of ether oxygens (including phenoxy) is 1. The minimum absolute atomic E-state index is 0.0813. The molecule has 0 aromatic carbocycles. The van der Waals surface area contributed by atoms with Gasteiger partial charge in [0, 0.05) is 34.9 Å². The van der Waals surface area contributed by atoms with E-state index in [9.17, 15) is 4.79 Å². The minimum atomic E-state index is 0.0813. The molecule has 2 rings (SSSR count). The lowest BCUT2D eigenvalue weighted by Gasteiger charge is -2.30. The van der Waals surface area contributed by atoms with E-state index in [0.29, 0.717) is 32.8 Å².